The normalized spacial score (nSPS) is 37.3. The fourth-order valence-electron chi connectivity index (χ4n) is 2.08. The van der Waals surface area contributed by atoms with E-state index in [1.54, 1.807) is 4.90 Å². The van der Waals surface area contributed by atoms with Crippen molar-refractivity contribution >= 4 is 12.2 Å². The van der Waals surface area contributed by atoms with Crippen LogP contribution < -0.4 is 0 Å². The molecule has 1 amide bonds. The predicted octanol–water partition coefficient (Wildman–Crippen LogP) is 0.0757. The Kier molecular flexibility index (Phi) is 1.53. The molecule has 2 rings (SSSR count). The Bertz CT molecular complexity index is 237. The summed E-state index contributed by atoms with van der Waals surface area (Å²) in [4.78, 5) is 23.3. The maximum Gasteiger partial charge on any atom is 0.245 e. The minimum Gasteiger partial charge on any atom is -0.339 e. The van der Waals surface area contributed by atoms with Crippen LogP contribution in [0.4, 0.5) is 0 Å². The molecule has 12 heavy (non-hydrogen) atoms. The first-order valence-corrected chi connectivity index (χ1v) is 4.14. The highest BCUT2D eigenvalue weighted by Gasteiger charge is 2.56. The molecule has 0 radical (unpaired) electrons. The molecule has 2 unspecified atom stereocenters. The van der Waals surface area contributed by atoms with E-state index in [1.807, 2.05) is 0 Å². The average Bonchev–Trinajstić information content (AvgIpc) is 2.56. The van der Waals surface area contributed by atoms with Crippen LogP contribution in [0.5, 0.6) is 0 Å². The molecule has 0 N–H and O–H groups in total. The lowest BCUT2D eigenvalue weighted by Gasteiger charge is -2.15. The summed E-state index contributed by atoms with van der Waals surface area (Å²) in [6.07, 6.45) is 2.35. The van der Waals surface area contributed by atoms with Crippen molar-refractivity contribution < 1.29 is 9.59 Å². The van der Waals surface area contributed by atoms with Crippen LogP contribution in [0.15, 0.2) is 12.7 Å². The highest BCUT2D eigenvalue weighted by molar-refractivity contribution is 5.87. The summed E-state index contributed by atoms with van der Waals surface area (Å²) >= 11 is 0. The minimum absolute atomic E-state index is 0.00755. The van der Waals surface area contributed by atoms with Gasteiger partial charge in [-0.25, -0.2) is 0 Å². The summed E-state index contributed by atoms with van der Waals surface area (Å²) in [6.45, 7) is 4.92. The first-order valence-electron chi connectivity index (χ1n) is 4.14. The topological polar surface area (TPSA) is 37.4 Å². The lowest BCUT2D eigenvalue weighted by atomic mass is 10.3. The van der Waals surface area contributed by atoms with Gasteiger partial charge in [-0.2, -0.15) is 0 Å². The predicted molar refractivity (Wildman–Crippen MR) is 43.3 cm³/mol. The van der Waals surface area contributed by atoms with E-state index in [0.717, 1.165) is 19.4 Å². The molecular formula is C9H11NO2. The van der Waals surface area contributed by atoms with Gasteiger partial charge in [0.05, 0.1) is 0 Å². The lowest BCUT2D eigenvalue weighted by molar-refractivity contribution is -0.126. The molecule has 2 fully saturated rings. The van der Waals surface area contributed by atoms with E-state index in [4.69, 9.17) is 0 Å². The molecule has 2 atom stereocenters. The van der Waals surface area contributed by atoms with Gasteiger partial charge in [-0.1, -0.05) is 6.58 Å². The molecule has 1 saturated carbocycles. The molecule has 2 aliphatic rings. The number of nitrogens with zero attached hydrogens (tertiary/aromatic N) is 1. The van der Waals surface area contributed by atoms with Crippen molar-refractivity contribution in [2.75, 3.05) is 13.1 Å². The number of hydrogen-bond donors (Lipinski definition) is 0. The molecule has 64 valence electrons. The van der Waals surface area contributed by atoms with E-state index in [2.05, 4.69) is 6.58 Å². The quantitative estimate of drug-likeness (QED) is 0.429. The van der Waals surface area contributed by atoms with Gasteiger partial charge < -0.3 is 9.69 Å². The van der Waals surface area contributed by atoms with Crippen molar-refractivity contribution in [2.45, 2.75) is 0 Å². The second-order valence-electron chi connectivity index (χ2n) is 3.49. The molecule has 0 aromatic carbocycles. The molecule has 1 aliphatic heterocycles. The number of likely N-dealkylation sites (tertiary alicyclic amines) is 1. The van der Waals surface area contributed by atoms with Crippen LogP contribution >= 0.6 is 0 Å². The van der Waals surface area contributed by atoms with E-state index < -0.39 is 0 Å². The Morgan fingerprint density at radius 1 is 1.42 bits per heavy atom. The van der Waals surface area contributed by atoms with Gasteiger partial charge >= 0.3 is 0 Å². The fourth-order valence-corrected chi connectivity index (χ4v) is 2.08. The van der Waals surface area contributed by atoms with Crippen LogP contribution in [0.2, 0.25) is 0 Å². The monoisotopic (exact) mass is 165 g/mol. The largest absolute Gasteiger partial charge is 0.339 e. The summed E-state index contributed by atoms with van der Waals surface area (Å²) in [5.41, 5.74) is 0. The Morgan fingerprint density at radius 2 is 2.00 bits per heavy atom. The van der Waals surface area contributed by atoms with Gasteiger partial charge in [0.15, 0.2) is 0 Å². The molecule has 0 aromatic rings. The van der Waals surface area contributed by atoms with E-state index in [-0.39, 0.29) is 11.8 Å². The van der Waals surface area contributed by atoms with Gasteiger partial charge in [-0.15, -0.1) is 0 Å². The Hall–Kier alpha value is -1.12. The number of fused-ring (bicyclic) bond motifs is 1. The van der Waals surface area contributed by atoms with Crippen molar-refractivity contribution in [1.82, 2.24) is 4.90 Å². The highest BCUT2D eigenvalue weighted by atomic mass is 16.2. The Balaban J connectivity index is 1.93. The molecule has 0 bridgehead atoms. The Morgan fingerprint density at radius 3 is 2.42 bits per heavy atom. The summed E-state index contributed by atoms with van der Waals surface area (Å²) in [5.74, 6) is 1.13. The molecule has 3 heteroatoms. The van der Waals surface area contributed by atoms with Crippen LogP contribution in [0.3, 0.4) is 0 Å². The number of carbonyl (C=O) groups is 2. The van der Waals surface area contributed by atoms with E-state index >= 15 is 0 Å². The third-order valence-electron chi connectivity index (χ3n) is 2.90. The van der Waals surface area contributed by atoms with Gasteiger partial charge in [0.25, 0.3) is 0 Å². The van der Waals surface area contributed by atoms with Crippen LogP contribution in [0, 0.1) is 17.8 Å². The highest BCUT2D eigenvalue weighted by Crippen LogP contribution is 2.50. The van der Waals surface area contributed by atoms with Gasteiger partial charge in [0, 0.05) is 19.0 Å². The van der Waals surface area contributed by atoms with Crippen LogP contribution in [0.25, 0.3) is 0 Å². The van der Waals surface area contributed by atoms with E-state index in [1.165, 1.54) is 6.08 Å². The van der Waals surface area contributed by atoms with Gasteiger partial charge in [0.2, 0.25) is 5.91 Å². The first-order chi connectivity index (χ1) is 5.77. The summed E-state index contributed by atoms with van der Waals surface area (Å²) in [7, 11) is 0. The van der Waals surface area contributed by atoms with E-state index in [0.29, 0.717) is 11.8 Å². The maximum absolute atomic E-state index is 11.1. The zero-order chi connectivity index (χ0) is 8.72. The molecular weight excluding hydrogens is 154 g/mol. The van der Waals surface area contributed by atoms with Crippen LogP contribution in [-0.4, -0.2) is 30.2 Å². The zero-order valence-electron chi connectivity index (χ0n) is 6.77. The number of rotatable bonds is 2. The third kappa shape index (κ3) is 0.891. The van der Waals surface area contributed by atoms with Crippen molar-refractivity contribution in [3.05, 3.63) is 12.7 Å². The Labute approximate surface area is 71.0 Å². The van der Waals surface area contributed by atoms with E-state index in [9.17, 15) is 9.59 Å². The van der Waals surface area contributed by atoms with Crippen LogP contribution in [0.1, 0.15) is 0 Å². The molecule has 1 saturated heterocycles. The van der Waals surface area contributed by atoms with Crippen molar-refractivity contribution in [1.29, 1.82) is 0 Å². The van der Waals surface area contributed by atoms with Crippen molar-refractivity contribution in [3.63, 3.8) is 0 Å². The molecule has 1 aliphatic carbocycles. The second-order valence-corrected chi connectivity index (χ2v) is 3.49. The smallest absolute Gasteiger partial charge is 0.245 e. The number of piperidine rings is 1. The molecule has 0 aromatic heterocycles. The molecule has 1 heterocycles. The lowest BCUT2D eigenvalue weighted by Crippen LogP contribution is -2.29. The van der Waals surface area contributed by atoms with Crippen molar-refractivity contribution in [3.8, 4) is 0 Å². The number of amides is 1. The number of carbonyl (C=O) groups excluding carboxylic acids is 2. The number of hydrogen-bond acceptors (Lipinski definition) is 2. The minimum atomic E-state index is -0.00755. The van der Waals surface area contributed by atoms with Gasteiger partial charge in [-0.05, 0) is 17.9 Å². The average molecular weight is 165 g/mol. The number of aldehydes is 1. The third-order valence-corrected chi connectivity index (χ3v) is 2.90. The SMILES string of the molecule is C=CC(=O)N1CC2C(C=O)C2C1. The van der Waals surface area contributed by atoms with Gasteiger partial charge in [-0.3, -0.25) is 4.79 Å². The summed E-state index contributed by atoms with van der Waals surface area (Å²) < 4.78 is 0. The summed E-state index contributed by atoms with van der Waals surface area (Å²) in [5, 5.41) is 0. The molecule has 0 spiro atoms. The summed E-state index contributed by atoms with van der Waals surface area (Å²) in [6, 6.07) is 0. The zero-order valence-corrected chi connectivity index (χ0v) is 6.77. The van der Waals surface area contributed by atoms with Crippen molar-refractivity contribution in [2.24, 2.45) is 17.8 Å². The fraction of sp³-hybridized carbons (Fsp3) is 0.556. The van der Waals surface area contributed by atoms with Crippen LogP contribution in [-0.2, 0) is 9.59 Å². The maximum atomic E-state index is 11.1. The first kappa shape index (κ1) is 7.53. The van der Waals surface area contributed by atoms with Gasteiger partial charge in [0.1, 0.15) is 6.29 Å². The molecule has 3 nitrogen and oxygen atoms in total. The standard InChI is InChI=1S/C9H11NO2/c1-2-9(12)10-3-6-7(4-10)8(6)5-11/h2,5-8H,1,3-4H2. The second kappa shape index (κ2) is 2.44.